The van der Waals surface area contributed by atoms with E-state index in [0.717, 1.165) is 16.8 Å². The number of aryl methyl sites for hydroxylation is 1. The van der Waals surface area contributed by atoms with E-state index in [1.807, 2.05) is 30.3 Å². The fourth-order valence-electron chi connectivity index (χ4n) is 2.32. The number of hydrogen-bond acceptors (Lipinski definition) is 4. The highest BCUT2D eigenvalue weighted by Crippen LogP contribution is 2.16. The van der Waals surface area contributed by atoms with Crippen LogP contribution in [0.4, 0.5) is 0 Å². The van der Waals surface area contributed by atoms with Gasteiger partial charge in [-0.05, 0) is 36.2 Å². The van der Waals surface area contributed by atoms with Crippen LogP contribution in [0.25, 0.3) is 0 Å². The van der Waals surface area contributed by atoms with E-state index in [4.69, 9.17) is 0 Å². The molecule has 0 aliphatic rings. The van der Waals surface area contributed by atoms with Crippen LogP contribution in [0.5, 0.6) is 0 Å². The van der Waals surface area contributed by atoms with E-state index in [1.165, 1.54) is 6.26 Å². The number of aromatic nitrogens is 1. The summed E-state index contributed by atoms with van der Waals surface area (Å²) in [6.07, 6.45) is 2.97. The lowest BCUT2D eigenvalue weighted by molar-refractivity contribution is 0.601. The van der Waals surface area contributed by atoms with Gasteiger partial charge in [0.1, 0.15) is 0 Å². The minimum atomic E-state index is -3.19. The molecule has 0 spiro atoms. The average Bonchev–Trinajstić information content (AvgIpc) is 2.55. The summed E-state index contributed by atoms with van der Waals surface area (Å²) >= 11 is 0. The van der Waals surface area contributed by atoms with Crippen LogP contribution in [0, 0.1) is 6.92 Å². The van der Waals surface area contributed by atoms with Gasteiger partial charge in [-0.2, -0.15) is 0 Å². The van der Waals surface area contributed by atoms with Crippen LogP contribution in [-0.4, -0.2) is 32.7 Å². The van der Waals surface area contributed by atoms with Gasteiger partial charge in [-0.25, -0.2) is 8.42 Å². The third kappa shape index (κ3) is 5.06. The smallest absolute Gasteiger partial charge is 0.191 e. The van der Waals surface area contributed by atoms with Gasteiger partial charge >= 0.3 is 0 Å². The first kappa shape index (κ1) is 17.9. The number of aliphatic imine (C=N–C) groups is 1. The molecule has 0 saturated heterocycles. The predicted octanol–water partition coefficient (Wildman–Crippen LogP) is 1.66. The van der Waals surface area contributed by atoms with Crippen molar-refractivity contribution in [3.8, 4) is 0 Å². The van der Waals surface area contributed by atoms with Crippen molar-refractivity contribution in [2.75, 3.05) is 13.3 Å². The van der Waals surface area contributed by atoms with Gasteiger partial charge in [-0.3, -0.25) is 9.98 Å². The molecule has 1 aromatic heterocycles. The summed E-state index contributed by atoms with van der Waals surface area (Å²) in [5, 5.41) is 6.39. The van der Waals surface area contributed by atoms with Gasteiger partial charge in [0.2, 0.25) is 0 Å². The Labute approximate surface area is 143 Å². The van der Waals surface area contributed by atoms with Crippen molar-refractivity contribution >= 4 is 15.8 Å². The van der Waals surface area contributed by atoms with Gasteiger partial charge in [-0.15, -0.1) is 0 Å². The summed E-state index contributed by atoms with van der Waals surface area (Å²) in [6, 6.07) is 11.1. The van der Waals surface area contributed by atoms with Gasteiger partial charge in [0.05, 0.1) is 17.1 Å². The second kappa shape index (κ2) is 7.92. The quantitative estimate of drug-likeness (QED) is 0.635. The molecule has 0 bridgehead atoms. The van der Waals surface area contributed by atoms with Crippen LogP contribution in [0.15, 0.2) is 52.5 Å². The maximum atomic E-state index is 11.6. The van der Waals surface area contributed by atoms with Gasteiger partial charge in [0, 0.05) is 26.0 Å². The molecule has 0 radical (unpaired) electrons. The molecule has 0 saturated carbocycles. The lowest BCUT2D eigenvalue weighted by atomic mass is 10.1. The van der Waals surface area contributed by atoms with E-state index >= 15 is 0 Å². The molecule has 0 unspecified atom stereocenters. The van der Waals surface area contributed by atoms with E-state index in [2.05, 4.69) is 20.6 Å². The molecule has 2 aromatic rings. The highest BCUT2D eigenvalue weighted by molar-refractivity contribution is 7.90. The van der Waals surface area contributed by atoms with E-state index < -0.39 is 9.84 Å². The van der Waals surface area contributed by atoms with Crippen molar-refractivity contribution in [2.45, 2.75) is 24.9 Å². The van der Waals surface area contributed by atoms with E-state index in [9.17, 15) is 8.42 Å². The van der Waals surface area contributed by atoms with Crippen LogP contribution < -0.4 is 10.6 Å². The zero-order valence-electron chi connectivity index (χ0n) is 14.1. The average molecular weight is 346 g/mol. The second-order valence-corrected chi connectivity index (χ2v) is 7.46. The first-order valence-corrected chi connectivity index (χ1v) is 9.43. The van der Waals surface area contributed by atoms with Crippen molar-refractivity contribution in [1.29, 1.82) is 0 Å². The SMILES string of the molecule is CN=C(NCc1ccc(S(C)(=O)=O)c(C)c1)NCc1ccccn1. The maximum absolute atomic E-state index is 11.6. The molecule has 0 amide bonds. The predicted molar refractivity (Wildman–Crippen MR) is 95.6 cm³/mol. The van der Waals surface area contributed by atoms with Crippen molar-refractivity contribution in [1.82, 2.24) is 15.6 Å². The fraction of sp³-hybridized carbons (Fsp3) is 0.294. The fourth-order valence-corrected chi connectivity index (χ4v) is 3.28. The molecule has 128 valence electrons. The molecular weight excluding hydrogens is 324 g/mol. The van der Waals surface area contributed by atoms with Crippen molar-refractivity contribution in [3.63, 3.8) is 0 Å². The Balaban J connectivity index is 1.95. The number of benzene rings is 1. The maximum Gasteiger partial charge on any atom is 0.191 e. The minimum Gasteiger partial charge on any atom is -0.352 e. The Morgan fingerprint density at radius 1 is 1.17 bits per heavy atom. The summed E-state index contributed by atoms with van der Waals surface area (Å²) in [4.78, 5) is 8.78. The Kier molecular flexibility index (Phi) is 5.92. The Bertz CT molecular complexity index is 818. The molecule has 6 nitrogen and oxygen atoms in total. The first-order chi connectivity index (χ1) is 11.4. The van der Waals surface area contributed by atoms with Crippen LogP contribution in [-0.2, 0) is 22.9 Å². The lowest BCUT2D eigenvalue weighted by Gasteiger charge is -2.12. The summed E-state index contributed by atoms with van der Waals surface area (Å²) in [6.45, 7) is 2.92. The molecule has 1 aromatic carbocycles. The van der Waals surface area contributed by atoms with Gasteiger partial charge < -0.3 is 10.6 Å². The largest absolute Gasteiger partial charge is 0.352 e. The van der Waals surface area contributed by atoms with Gasteiger partial charge in [0.25, 0.3) is 0 Å². The minimum absolute atomic E-state index is 0.365. The summed E-state index contributed by atoms with van der Waals surface area (Å²) < 4.78 is 23.3. The Morgan fingerprint density at radius 2 is 1.92 bits per heavy atom. The number of sulfone groups is 1. The van der Waals surface area contributed by atoms with Gasteiger partial charge in [0.15, 0.2) is 15.8 Å². The number of pyridine rings is 1. The normalized spacial score (nSPS) is 12.0. The number of hydrogen-bond donors (Lipinski definition) is 2. The Hall–Kier alpha value is -2.41. The molecule has 24 heavy (non-hydrogen) atoms. The first-order valence-electron chi connectivity index (χ1n) is 7.54. The molecule has 0 aliphatic carbocycles. The molecule has 0 fully saturated rings. The molecular formula is C17H22N4O2S. The highest BCUT2D eigenvalue weighted by atomic mass is 32.2. The highest BCUT2D eigenvalue weighted by Gasteiger charge is 2.10. The topological polar surface area (TPSA) is 83.5 Å². The third-order valence-corrected chi connectivity index (χ3v) is 4.74. The molecule has 0 atom stereocenters. The summed E-state index contributed by atoms with van der Waals surface area (Å²) in [5.74, 6) is 0.658. The number of guanidine groups is 1. The summed E-state index contributed by atoms with van der Waals surface area (Å²) in [5.41, 5.74) is 2.66. The van der Waals surface area contributed by atoms with Crippen LogP contribution >= 0.6 is 0 Å². The standard InChI is InChI=1S/C17H22N4O2S/c1-13-10-14(7-8-16(13)24(3,22)23)11-20-17(18-2)21-12-15-6-4-5-9-19-15/h4-10H,11-12H2,1-3H3,(H2,18,20,21). The van der Waals surface area contributed by atoms with Crippen LogP contribution in [0.2, 0.25) is 0 Å². The zero-order valence-corrected chi connectivity index (χ0v) is 14.9. The molecule has 7 heteroatoms. The number of rotatable bonds is 5. The number of nitrogens with zero attached hydrogens (tertiary/aromatic N) is 2. The van der Waals surface area contributed by atoms with E-state index in [0.29, 0.717) is 23.9 Å². The van der Waals surface area contributed by atoms with Crippen LogP contribution in [0.1, 0.15) is 16.8 Å². The lowest BCUT2D eigenvalue weighted by Crippen LogP contribution is -2.36. The van der Waals surface area contributed by atoms with Gasteiger partial charge in [-0.1, -0.05) is 18.2 Å². The van der Waals surface area contributed by atoms with E-state index in [-0.39, 0.29) is 0 Å². The molecule has 1 heterocycles. The van der Waals surface area contributed by atoms with Crippen molar-refractivity contribution < 1.29 is 8.42 Å². The molecule has 2 rings (SSSR count). The van der Waals surface area contributed by atoms with E-state index in [1.54, 1.807) is 26.2 Å². The monoisotopic (exact) mass is 346 g/mol. The number of nitrogens with one attached hydrogen (secondary N) is 2. The van der Waals surface area contributed by atoms with Crippen molar-refractivity contribution in [3.05, 3.63) is 59.4 Å². The second-order valence-electron chi connectivity index (χ2n) is 5.47. The van der Waals surface area contributed by atoms with Crippen molar-refractivity contribution in [2.24, 2.45) is 4.99 Å². The van der Waals surface area contributed by atoms with Crippen LogP contribution in [0.3, 0.4) is 0 Å². The molecule has 0 aliphatic heterocycles. The third-order valence-electron chi connectivity index (χ3n) is 3.49. The summed E-state index contributed by atoms with van der Waals surface area (Å²) in [7, 11) is -1.49. The Morgan fingerprint density at radius 3 is 2.50 bits per heavy atom. The zero-order chi connectivity index (χ0) is 17.6. The molecule has 2 N–H and O–H groups in total.